The molecule has 0 radical (unpaired) electrons. The zero-order chi connectivity index (χ0) is 8.72. The Morgan fingerprint density at radius 1 is 1.50 bits per heavy atom. The Kier molecular flexibility index (Phi) is 1.85. The lowest BCUT2D eigenvalue weighted by atomic mass is 10.1. The average molecular weight is 182 g/mol. The van der Waals surface area contributed by atoms with Gasteiger partial charge in [-0.15, -0.1) is 0 Å². The summed E-state index contributed by atoms with van der Waals surface area (Å²) < 4.78 is 0. The first-order valence-electron chi connectivity index (χ1n) is 4.20. The molecule has 12 heavy (non-hydrogen) atoms. The fourth-order valence-corrected chi connectivity index (χ4v) is 1.63. The van der Waals surface area contributed by atoms with E-state index < -0.39 is 0 Å². The highest BCUT2D eigenvalue weighted by Gasteiger charge is 2.34. The second-order valence-electron chi connectivity index (χ2n) is 3.51. The van der Waals surface area contributed by atoms with Crippen molar-refractivity contribution in [3.05, 3.63) is 34.3 Å². The van der Waals surface area contributed by atoms with E-state index in [-0.39, 0.29) is 0 Å². The van der Waals surface area contributed by atoms with E-state index in [1.807, 2.05) is 13.0 Å². The van der Waals surface area contributed by atoms with Crippen LogP contribution in [0.15, 0.2) is 18.2 Å². The molecule has 0 heterocycles. The van der Waals surface area contributed by atoms with Gasteiger partial charge in [0.15, 0.2) is 0 Å². The molecule has 0 saturated heterocycles. The normalized spacial score (nSPS) is 27.2. The van der Waals surface area contributed by atoms with Gasteiger partial charge >= 0.3 is 0 Å². The first kappa shape index (κ1) is 8.09. The predicted molar refractivity (Wildman–Crippen MR) is 51.5 cm³/mol. The van der Waals surface area contributed by atoms with Crippen LogP contribution in [0, 0.1) is 6.92 Å². The van der Waals surface area contributed by atoms with Crippen molar-refractivity contribution in [3.63, 3.8) is 0 Å². The molecule has 2 atom stereocenters. The first-order chi connectivity index (χ1) is 5.68. The summed E-state index contributed by atoms with van der Waals surface area (Å²) >= 11 is 5.99. The number of aryl methyl sites for hydroxylation is 1. The molecule has 1 fully saturated rings. The molecule has 1 aromatic carbocycles. The maximum absolute atomic E-state index is 5.99. The summed E-state index contributed by atoms with van der Waals surface area (Å²) in [5.74, 6) is 0.558. The average Bonchev–Trinajstić information content (AvgIpc) is 2.73. The molecule has 0 bridgehead atoms. The van der Waals surface area contributed by atoms with Gasteiger partial charge in [0.2, 0.25) is 0 Å². The van der Waals surface area contributed by atoms with Gasteiger partial charge < -0.3 is 5.73 Å². The minimum Gasteiger partial charge on any atom is -0.327 e. The van der Waals surface area contributed by atoms with Gasteiger partial charge in [-0.3, -0.25) is 0 Å². The summed E-state index contributed by atoms with van der Waals surface area (Å²) in [6.45, 7) is 2.01. The summed E-state index contributed by atoms with van der Waals surface area (Å²) in [6, 6.07) is 6.58. The van der Waals surface area contributed by atoms with Crippen LogP contribution >= 0.6 is 11.6 Å². The molecule has 1 aliphatic carbocycles. The Labute approximate surface area is 77.5 Å². The van der Waals surface area contributed by atoms with Crippen LogP contribution in [0.3, 0.4) is 0 Å². The SMILES string of the molecule is Cc1ccc(C2C[C@@H]2N)cc1Cl. The monoisotopic (exact) mass is 181 g/mol. The molecule has 2 heteroatoms. The summed E-state index contributed by atoms with van der Waals surface area (Å²) in [6.07, 6.45) is 1.11. The van der Waals surface area contributed by atoms with Crippen LogP contribution in [-0.2, 0) is 0 Å². The Bertz CT molecular complexity index is 309. The lowest BCUT2D eigenvalue weighted by Gasteiger charge is -2.01. The van der Waals surface area contributed by atoms with Crippen molar-refractivity contribution in [1.29, 1.82) is 0 Å². The summed E-state index contributed by atoms with van der Waals surface area (Å²) in [5.41, 5.74) is 8.17. The van der Waals surface area contributed by atoms with Gasteiger partial charge in [0.05, 0.1) is 0 Å². The Morgan fingerprint density at radius 3 is 2.67 bits per heavy atom. The second kappa shape index (κ2) is 2.75. The number of hydrogen-bond acceptors (Lipinski definition) is 1. The van der Waals surface area contributed by atoms with Crippen LogP contribution in [0.5, 0.6) is 0 Å². The Hall–Kier alpha value is -0.530. The number of hydrogen-bond donors (Lipinski definition) is 1. The molecule has 1 nitrogen and oxygen atoms in total. The molecule has 1 unspecified atom stereocenters. The number of rotatable bonds is 1. The summed E-state index contributed by atoms with van der Waals surface area (Å²) in [5, 5.41) is 0.853. The van der Waals surface area contributed by atoms with Crippen molar-refractivity contribution in [2.75, 3.05) is 0 Å². The number of benzene rings is 1. The first-order valence-corrected chi connectivity index (χ1v) is 4.58. The van der Waals surface area contributed by atoms with Crippen LogP contribution in [0.1, 0.15) is 23.5 Å². The summed E-state index contributed by atoms with van der Waals surface area (Å²) in [4.78, 5) is 0. The molecule has 2 N–H and O–H groups in total. The van der Waals surface area contributed by atoms with E-state index in [2.05, 4.69) is 12.1 Å². The molecule has 0 aromatic heterocycles. The molecule has 1 aliphatic rings. The van der Waals surface area contributed by atoms with E-state index in [9.17, 15) is 0 Å². The molecule has 1 saturated carbocycles. The third kappa shape index (κ3) is 1.35. The van der Waals surface area contributed by atoms with E-state index in [1.165, 1.54) is 5.56 Å². The van der Waals surface area contributed by atoms with Crippen LogP contribution in [0.4, 0.5) is 0 Å². The standard InChI is InChI=1S/C10H12ClN/c1-6-2-3-7(4-9(6)11)8-5-10(8)12/h2-4,8,10H,5,12H2,1H3/t8?,10-/m0/s1. The van der Waals surface area contributed by atoms with Crippen molar-refractivity contribution in [2.24, 2.45) is 5.73 Å². The third-order valence-corrected chi connectivity index (χ3v) is 2.87. The number of nitrogens with two attached hydrogens (primary N) is 1. The van der Waals surface area contributed by atoms with Gasteiger partial charge in [-0.25, -0.2) is 0 Å². The van der Waals surface area contributed by atoms with Crippen molar-refractivity contribution in [3.8, 4) is 0 Å². The Morgan fingerprint density at radius 2 is 2.17 bits per heavy atom. The third-order valence-electron chi connectivity index (χ3n) is 2.46. The fraction of sp³-hybridized carbons (Fsp3) is 0.400. The van der Waals surface area contributed by atoms with Gasteiger partial charge in [0, 0.05) is 17.0 Å². The van der Waals surface area contributed by atoms with Crippen LogP contribution < -0.4 is 5.73 Å². The van der Waals surface area contributed by atoms with E-state index in [0.717, 1.165) is 17.0 Å². The van der Waals surface area contributed by atoms with Crippen LogP contribution in [0.2, 0.25) is 5.02 Å². The topological polar surface area (TPSA) is 26.0 Å². The van der Waals surface area contributed by atoms with Gasteiger partial charge in [0.25, 0.3) is 0 Å². The van der Waals surface area contributed by atoms with Crippen LogP contribution in [-0.4, -0.2) is 6.04 Å². The quantitative estimate of drug-likeness (QED) is 0.708. The van der Waals surface area contributed by atoms with Crippen molar-refractivity contribution in [2.45, 2.75) is 25.3 Å². The number of halogens is 1. The molecule has 1 aromatic rings. The molecule has 2 rings (SSSR count). The second-order valence-corrected chi connectivity index (χ2v) is 3.92. The minimum absolute atomic E-state index is 0.365. The van der Waals surface area contributed by atoms with E-state index in [0.29, 0.717) is 12.0 Å². The maximum Gasteiger partial charge on any atom is 0.0438 e. The lowest BCUT2D eigenvalue weighted by Crippen LogP contribution is -2.00. The maximum atomic E-state index is 5.99. The lowest BCUT2D eigenvalue weighted by molar-refractivity contribution is 0.990. The van der Waals surface area contributed by atoms with Crippen LogP contribution in [0.25, 0.3) is 0 Å². The highest BCUT2D eigenvalue weighted by atomic mass is 35.5. The minimum atomic E-state index is 0.365. The molecular formula is C10H12ClN. The molecule has 0 spiro atoms. The largest absolute Gasteiger partial charge is 0.327 e. The Balaban J connectivity index is 2.29. The van der Waals surface area contributed by atoms with E-state index in [4.69, 9.17) is 17.3 Å². The zero-order valence-electron chi connectivity index (χ0n) is 7.05. The molecule has 0 amide bonds. The molecule has 0 aliphatic heterocycles. The van der Waals surface area contributed by atoms with Crippen molar-refractivity contribution in [1.82, 2.24) is 0 Å². The van der Waals surface area contributed by atoms with Gasteiger partial charge in [-0.1, -0.05) is 23.7 Å². The summed E-state index contributed by atoms with van der Waals surface area (Å²) in [7, 11) is 0. The van der Waals surface area contributed by atoms with Crippen molar-refractivity contribution < 1.29 is 0 Å². The fourth-order valence-electron chi connectivity index (χ4n) is 1.44. The van der Waals surface area contributed by atoms with E-state index in [1.54, 1.807) is 0 Å². The molecular weight excluding hydrogens is 170 g/mol. The van der Waals surface area contributed by atoms with E-state index >= 15 is 0 Å². The van der Waals surface area contributed by atoms with Gasteiger partial charge in [-0.05, 0) is 30.5 Å². The molecule has 64 valence electrons. The highest BCUT2D eigenvalue weighted by molar-refractivity contribution is 6.31. The van der Waals surface area contributed by atoms with Crippen molar-refractivity contribution >= 4 is 11.6 Å². The van der Waals surface area contributed by atoms with Gasteiger partial charge in [0.1, 0.15) is 0 Å². The van der Waals surface area contributed by atoms with Gasteiger partial charge in [-0.2, -0.15) is 0 Å². The predicted octanol–water partition coefficient (Wildman–Crippen LogP) is 2.46. The smallest absolute Gasteiger partial charge is 0.0438 e. The zero-order valence-corrected chi connectivity index (χ0v) is 7.81. The highest BCUT2D eigenvalue weighted by Crippen LogP contribution is 2.39.